The number of hydrogen-bond donors (Lipinski definition) is 3. The summed E-state index contributed by atoms with van der Waals surface area (Å²) >= 11 is 0. The maximum absolute atomic E-state index is 13.0. The molecule has 2 aliphatic heterocycles. The number of nitrogens with two attached hydrogens (primary N) is 1. The second-order valence-electron chi connectivity index (χ2n) is 10.5. The van der Waals surface area contributed by atoms with E-state index >= 15 is 0 Å². The first kappa shape index (κ1) is 36.1. The Balaban J connectivity index is 0.000000296. The summed E-state index contributed by atoms with van der Waals surface area (Å²) in [5, 5.41) is 11.1. The zero-order valence-corrected chi connectivity index (χ0v) is 26.5. The summed E-state index contributed by atoms with van der Waals surface area (Å²) in [4.78, 5) is 17.6. The van der Waals surface area contributed by atoms with E-state index < -0.39 is 5.97 Å². The Morgan fingerprint density at radius 1 is 1.02 bits per heavy atom. The van der Waals surface area contributed by atoms with E-state index in [2.05, 4.69) is 75.1 Å². The molecule has 2 aliphatic rings. The number of fused-ring (bicyclic) bond motifs is 1. The van der Waals surface area contributed by atoms with Crippen molar-refractivity contribution >= 4 is 12.4 Å². The van der Waals surface area contributed by atoms with E-state index in [1.54, 1.807) is 12.1 Å². The first-order valence-corrected chi connectivity index (χ1v) is 15.2. The average Bonchev–Trinajstić information content (AvgIpc) is 3.69. The third-order valence-corrected chi connectivity index (χ3v) is 7.40. The molecule has 0 radical (unpaired) electrons. The Labute approximate surface area is 260 Å². The Kier molecular flexibility index (Phi) is 15.8. The third kappa shape index (κ3) is 11.5. The molecule has 44 heavy (non-hydrogen) atoms. The number of unbranched alkanes of at least 4 members (excludes halogenated alkanes) is 1. The van der Waals surface area contributed by atoms with E-state index in [0.717, 1.165) is 80.6 Å². The number of benzene rings is 3. The zero-order chi connectivity index (χ0) is 32.5. The molecule has 2 heterocycles. The number of aliphatic carboxylic acids is 1. The summed E-state index contributed by atoms with van der Waals surface area (Å²) in [6.07, 6.45) is 5.43. The highest BCUT2D eigenvalue weighted by Crippen LogP contribution is 2.39. The fraction of sp³-hybridized carbons (Fsp3) is 0.429. The quantitative estimate of drug-likeness (QED) is 0.188. The summed E-state index contributed by atoms with van der Waals surface area (Å²) in [6, 6.07) is 18.5. The predicted octanol–water partition coefficient (Wildman–Crippen LogP) is 6.86. The highest BCUT2D eigenvalue weighted by Gasteiger charge is 2.27. The van der Waals surface area contributed by atoms with Crippen molar-refractivity contribution in [2.45, 2.75) is 78.7 Å². The van der Waals surface area contributed by atoms with E-state index in [-0.39, 0.29) is 12.2 Å². The maximum Gasteiger partial charge on any atom is 0.300 e. The van der Waals surface area contributed by atoms with Crippen LogP contribution in [-0.4, -0.2) is 37.4 Å². The minimum atomic E-state index is -0.833. The Morgan fingerprint density at radius 3 is 2.16 bits per heavy atom. The van der Waals surface area contributed by atoms with Gasteiger partial charge in [-0.2, -0.15) is 0 Å². The van der Waals surface area contributed by atoms with Crippen molar-refractivity contribution in [3.63, 3.8) is 0 Å². The van der Waals surface area contributed by atoms with E-state index in [1.165, 1.54) is 16.7 Å². The Hall–Kier alpha value is -4.11. The van der Waals surface area contributed by atoms with Crippen molar-refractivity contribution in [3.8, 4) is 17.2 Å². The second-order valence-corrected chi connectivity index (χ2v) is 10.5. The van der Waals surface area contributed by atoms with Crippen LogP contribution < -0.4 is 25.3 Å². The van der Waals surface area contributed by atoms with Crippen LogP contribution in [0.15, 0.2) is 54.6 Å². The molecule has 0 aromatic heterocycles. The fourth-order valence-electron chi connectivity index (χ4n) is 5.07. The molecule has 2 unspecified atom stereocenters. The lowest BCUT2D eigenvalue weighted by atomic mass is 9.93. The number of carbonyl (C=O) groups excluding carboxylic acids is 1. The molecule has 1 saturated heterocycles. The van der Waals surface area contributed by atoms with Crippen LogP contribution in [0.1, 0.15) is 86.7 Å². The predicted molar refractivity (Wildman–Crippen MR) is 171 cm³/mol. The van der Waals surface area contributed by atoms with Crippen LogP contribution in [0, 0.1) is 12.7 Å². The molecule has 2 atom stereocenters. The summed E-state index contributed by atoms with van der Waals surface area (Å²) in [6.45, 7) is 11.5. The second kappa shape index (κ2) is 19.2. The van der Waals surface area contributed by atoms with Crippen LogP contribution in [0.25, 0.3) is 0 Å². The molecule has 9 heteroatoms. The lowest BCUT2D eigenvalue weighted by Crippen LogP contribution is -2.13. The summed E-state index contributed by atoms with van der Waals surface area (Å²) in [5.74, 6) is 2.25. The van der Waals surface area contributed by atoms with Gasteiger partial charge in [-0.05, 0) is 103 Å². The van der Waals surface area contributed by atoms with Gasteiger partial charge in [0.25, 0.3) is 5.97 Å². The number of hydrogen-bond acceptors (Lipinski definition) is 6. The standard InChI is InChI=1S/C21H25NO3.C11H15F.C2H4O2.CH3NO/c1-2-3-10-23-18-7-4-15(5-8-18)19-11-17(13-22-19)16-6-9-20-21(12-16)25-14-24-20;1-4-9-6-11(12)7-10(5-2)8(9)3;1-2(3)4;2-1-3/h4-9,12,17,19,22H,2-3,10-11,13-14H2,1H3;6-7H,4-5H2,1-3H3;1H3,(H,3,4);1H,(H2,2,3). The molecule has 4 N–H and O–H groups in total. The first-order valence-electron chi connectivity index (χ1n) is 15.2. The Bertz CT molecular complexity index is 1290. The Morgan fingerprint density at radius 2 is 1.59 bits per heavy atom. The molecule has 3 aromatic rings. The number of primary amides is 1. The molecular formula is C35H47FN2O6. The van der Waals surface area contributed by atoms with Crippen molar-refractivity contribution in [2.75, 3.05) is 19.9 Å². The van der Waals surface area contributed by atoms with Gasteiger partial charge in [0.15, 0.2) is 11.5 Å². The van der Waals surface area contributed by atoms with E-state index in [9.17, 15) is 4.39 Å². The van der Waals surface area contributed by atoms with Gasteiger partial charge in [0.1, 0.15) is 11.6 Å². The molecule has 0 bridgehead atoms. The number of ether oxygens (including phenoxy) is 3. The smallest absolute Gasteiger partial charge is 0.300 e. The number of rotatable bonds is 8. The van der Waals surface area contributed by atoms with Crippen LogP contribution in [-0.2, 0) is 22.4 Å². The average molecular weight is 611 g/mol. The lowest BCUT2D eigenvalue weighted by molar-refractivity contribution is -0.134. The zero-order valence-electron chi connectivity index (χ0n) is 26.5. The van der Waals surface area contributed by atoms with Crippen molar-refractivity contribution in [3.05, 3.63) is 88.2 Å². The molecule has 5 rings (SSSR count). The topological polar surface area (TPSA) is 120 Å². The molecular weight excluding hydrogens is 563 g/mol. The summed E-state index contributed by atoms with van der Waals surface area (Å²) in [7, 11) is 0. The van der Waals surface area contributed by atoms with Crippen LogP contribution in [0.5, 0.6) is 17.2 Å². The van der Waals surface area contributed by atoms with Crippen molar-refractivity contribution in [1.29, 1.82) is 0 Å². The number of aryl methyl sites for hydroxylation is 2. The minimum absolute atomic E-state index is 0.102. The molecule has 0 aliphatic carbocycles. The summed E-state index contributed by atoms with van der Waals surface area (Å²) in [5.41, 5.74) is 10.3. The highest BCUT2D eigenvalue weighted by atomic mass is 19.1. The largest absolute Gasteiger partial charge is 0.494 e. The lowest BCUT2D eigenvalue weighted by Gasteiger charge is -2.13. The number of carboxylic acid groups (broad SMARTS) is 1. The molecule has 240 valence electrons. The minimum Gasteiger partial charge on any atom is -0.494 e. The monoisotopic (exact) mass is 610 g/mol. The number of halogens is 1. The molecule has 1 fully saturated rings. The number of carbonyl (C=O) groups is 2. The molecule has 3 aromatic carbocycles. The van der Waals surface area contributed by atoms with Gasteiger partial charge in [-0.25, -0.2) is 4.39 Å². The van der Waals surface area contributed by atoms with Gasteiger partial charge in [-0.3, -0.25) is 9.59 Å². The van der Waals surface area contributed by atoms with Crippen LogP contribution >= 0.6 is 0 Å². The van der Waals surface area contributed by atoms with E-state index in [1.807, 2.05) is 6.07 Å². The van der Waals surface area contributed by atoms with Crippen LogP contribution in [0.4, 0.5) is 4.39 Å². The van der Waals surface area contributed by atoms with Gasteiger partial charge >= 0.3 is 0 Å². The van der Waals surface area contributed by atoms with Crippen LogP contribution in [0.3, 0.4) is 0 Å². The third-order valence-electron chi connectivity index (χ3n) is 7.40. The fourth-order valence-corrected chi connectivity index (χ4v) is 5.07. The van der Waals surface area contributed by atoms with Gasteiger partial charge in [0.05, 0.1) is 6.61 Å². The van der Waals surface area contributed by atoms with Crippen molar-refractivity contribution in [1.82, 2.24) is 5.32 Å². The molecule has 1 amide bonds. The first-order chi connectivity index (χ1) is 21.2. The normalized spacial score (nSPS) is 15.9. The van der Waals surface area contributed by atoms with Gasteiger partial charge in [0, 0.05) is 19.5 Å². The number of nitrogens with one attached hydrogen (secondary N) is 1. The van der Waals surface area contributed by atoms with Gasteiger partial charge in [-0.1, -0.05) is 45.4 Å². The highest BCUT2D eigenvalue weighted by molar-refractivity contribution is 5.63. The van der Waals surface area contributed by atoms with Crippen molar-refractivity contribution in [2.24, 2.45) is 5.73 Å². The maximum atomic E-state index is 13.0. The molecule has 8 nitrogen and oxygen atoms in total. The summed E-state index contributed by atoms with van der Waals surface area (Å²) < 4.78 is 29.6. The number of amides is 1. The van der Waals surface area contributed by atoms with E-state index in [4.69, 9.17) is 28.9 Å². The number of carboxylic acids is 1. The van der Waals surface area contributed by atoms with Gasteiger partial charge < -0.3 is 30.4 Å². The van der Waals surface area contributed by atoms with Gasteiger partial charge in [0.2, 0.25) is 13.2 Å². The van der Waals surface area contributed by atoms with Crippen molar-refractivity contribution < 1.29 is 33.3 Å². The molecule has 0 saturated carbocycles. The van der Waals surface area contributed by atoms with E-state index in [0.29, 0.717) is 18.8 Å². The van der Waals surface area contributed by atoms with Gasteiger partial charge in [-0.15, -0.1) is 0 Å². The molecule has 0 spiro atoms. The van der Waals surface area contributed by atoms with Crippen LogP contribution in [0.2, 0.25) is 0 Å². The SMILES string of the molecule is CC(=O)O.CCCCOc1ccc(C2CC(c3ccc4c(c3)OCO4)CN2)cc1.CCc1cc(F)cc(CC)c1C.NC=O.